The maximum absolute atomic E-state index is 6.44. The van der Waals surface area contributed by atoms with Gasteiger partial charge in [0.25, 0.3) is 0 Å². The van der Waals surface area contributed by atoms with E-state index in [0.717, 1.165) is 24.7 Å². The summed E-state index contributed by atoms with van der Waals surface area (Å²) in [4.78, 5) is 2.45. The van der Waals surface area contributed by atoms with E-state index >= 15 is 0 Å². The van der Waals surface area contributed by atoms with Crippen LogP contribution in [-0.2, 0) is 6.54 Å². The number of rotatable bonds is 4. The van der Waals surface area contributed by atoms with Crippen molar-refractivity contribution in [3.63, 3.8) is 0 Å². The highest BCUT2D eigenvalue weighted by atomic mass is 35.5. The molecule has 18 heavy (non-hydrogen) atoms. The fraction of sp³-hybridized carbons (Fsp3) is 0.600. The lowest BCUT2D eigenvalue weighted by Gasteiger charge is -2.36. The van der Waals surface area contributed by atoms with Crippen molar-refractivity contribution >= 4 is 17.3 Å². The monoisotopic (exact) mass is 266 g/mol. The van der Waals surface area contributed by atoms with Crippen LogP contribution in [0.2, 0.25) is 5.02 Å². The lowest BCUT2D eigenvalue weighted by molar-refractivity contribution is 0.485. The second-order valence-corrected chi connectivity index (χ2v) is 5.51. The molecule has 100 valence electrons. The van der Waals surface area contributed by atoms with Crippen molar-refractivity contribution in [2.75, 3.05) is 18.0 Å². The molecule has 1 heterocycles. The molecule has 1 saturated heterocycles. The maximum atomic E-state index is 6.44. The topological polar surface area (TPSA) is 15.3 Å². The van der Waals surface area contributed by atoms with Gasteiger partial charge in [-0.15, -0.1) is 0 Å². The number of hydrogen-bond donors (Lipinski definition) is 1. The molecule has 1 aromatic carbocycles. The first kappa shape index (κ1) is 13.7. The lowest BCUT2D eigenvalue weighted by atomic mass is 10.0. The van der Waals surface area contributed by atoms with Gasteiger partial charge in [0.1, 0.15) is 0 Å². The molecule has 0 aliphatic carbocycles. The van der Waals surface area contributed by atoms with Gasteiger partial charge in [-0.25, -0.2) is 0 Å². The van der Waals surface area contributed by atoms with Gasteiger partial charge < -0.3 is 10.2 Å². The molecule has 0 amide bonds. The van der Waals surface area contributed by atoms with Crippen molar-refractivity contribution in [1.29, 1.82) is 0 Å². The van der Waals surface area contributed by atoms with Gasteiger partial charge in [0.05, 0.1) is 10.7 Å². The zero-order valence-electron chi connectivity index (χ0n) is 11.4. The van der Waals surface area contributed by atoms with E-state index in [9.17, 15) is 0 Å². The second-order valence-electron chi connectivity index (χ2n) is 5.10. The highest BCUT2D eigenvalue weighted by molar-refractivity contribution is 6.33. The quantitative estimate of drug-likeness (QED) is 0.891. The van der Waals surface area contributed by atoms with Gasteiger partial charge in [-0.1, -0.05) is 24.6 Å². The van der Waals surface area contributed by atoms with Crippen molar-refractivity contribution in [3.05, 3.63) is 28.8 Å². The predicted octanol–water partition coefficient (Wildman–Crippen LogP) is 3.83. The Morgan fingerprint density at radius 3 is 2.89 bits per heavy atom. The zero-order chi connectivity index (χ0) is 13.0. The molecule has 3 heteroatoms. The Kier molecular flexibility index (Phi) is 4.90. The molecular weight excluding hydrogens is 244 g/mol. The Morgan fingerprint density at radius 2 is 2.22 bits per heavy atom. The van der Waals surface area contributed by atoms with E-state index in [-0.39, 0.29) is 0 Å². The van der Waals surface area contributed by atoms with E-state index < -0.39 is 0 Å². The van der Waals surface area contributed by atoms with Crippen LogP contribution in [0.25, 0.3) is 0 Å². The summed E-state index contributed by atoms with van der Waals surface area (Å²) in [7, 11) is 0. The highest BCUT2D eigenvalue weighted by Crippen LogP contribution is 2.31. The van der Waals surface area contributed by atoms with Crippen molar-refractivity contribution < 1.29 is 0 Å². The number of hydrogen-bond acceptors (Lipinski definition) is 2. The number of nitrogens with one attached hydrogen (secondary N) is 1. The average molecular weight is 267 g/mol. The minimum Gasteiger partial charge on any atom is -0.368 e. The number of nitrogens with zero attached hydrogens (tertiary/aromatic N) is 1. The van der Waals surface area contributed by atoms with Crippen molar-refractivity contribution in [1.82, 2.24) is 5.32 Å². The SMILES string of the molecule is CCNCc1ccc(N2CCCCC2C)c(Cl)c1. The fourth-order valence-electron chi connectivity index (χ4n) is 2.62. The van der Waals surface area contributed by atoms with Crippen LogP contribution in [-0.4, -0.2) is 19.1 Å². The normalized spacial score (nSPS) is 20.2. The van der Waals surface area contributed by atoms with Crippen LogP contribution in [0.15, 0.2) is 18.2 Å². The molecule has 1 unspecified atom stereocenters. The Hall–Kier alpha value is -0.730. The lowest BCUT2D eigenvalue weighted by Crippen LogP contribution is -2.37. The van der Waals surface area contributed by atoms with Crippen LogP contribution in [0, 0.1) is 0 Å². The molecule has 2 nitrogen and oxygen atoms in total. The predicted molar refractivity (Wildman–Crippen MR) is 79.5 cm³/mol. The fourth-order valence-corrected chi connectivity index (χ4v) is 2.93. The summed E-state index contributed by atoms with van der Waals surface area (Å²) in [6.07, 6.45) is 3.89. The molecule has 1 aliphatic rings. The molecule has 2 rings (SSSR count). The van der Waals surface area contributed by atoms with E-state index in [4.69, 9.17) is 11.6 Å². The molecule has 1 atom stereocenters. The minimum absolute atomic E-state index is 0.607. The Morgan fingerprint density at radius 1 is 1.39 bits per heavy atom. The van der Waals surface area contributed by atoms with Crippen molar-refractivity contribution in [2.24, 2.45) is 0 Å². The number of halogens is 1. The summed E-state index contributed by atoms with van der Waals surface area (Å²) in [6, 6.07) is 7.07. The van der Waals surface area contributed by atoms with Crippen LogP contribution < -0.4 is 10.2 Å². The van der Waals surface area contributed by atoms with Crippen molar-refractivity contribution in [2.45, 2.75) is 45.7 Å². The highest BCUT2D eigenvalue weighted by Gasteiger charge is 2.20. The Bertz CT molecular complexity index is 392. The minimum atomic E-state index is 0.607. The molecule has 0 bridgehead atoms. The average Bonchev–Trinajstić information content (AvgIpc) is 2.38. The van der Waals surface area contributed by atoms with Crippen molar-refractivity contribution in [3.8, 4) is 0 Å². The van der Waals surface area contributed by atoms with Crippen LogP contribution in [0.4, 0.5) is 5.69 Å². The van der Waals surface area contributed by atoms with Gasteiger partial charge in [-0.3, -0.25) is 0 Å². The zero-order valence-corrected chi connectivity index (χ0v) is 12.1. The number of piperidine rings is 1. The molecule has 1 aliphatic heterocycles. The molecule has 0 saturated carbocycles. The summed E-state index contributed by atoms with van der Waals surface area (Å²) < 4.78 is 0. The van der Waals surface area contributed by atoms with Gasteiger partial charge in [0.2, 0.25) is 0 Å². The third kappa shape index (κ3) is 3.18. The Labute approximate surface area is 115 Å². The van der Waals surface area contributed by atoms with Crippen LogP contribution in [0.5, 0.6) is 0 Å². The molecule has 0 radical (unpaired) electrons. The molecule has 0 spiro atoms. The standard InChI is InChI=1S/C15H23ClN2/c1-3-17-11-13-7-8-15(14(16)10-13)18-9-5-4-6-12(18)2/h7-8,10,12,17H,3-6,9,11H2,1-2H3. The summed E-state index contributed by atoms with van der Waals surface area (Å²) >= 11 is 6.44. The molecule has 0 aromatic heterocycles. The molecule has 1 N–H and O–H groups in total. The van der Waals surface area contributed by atoms with E-state index in [1.165, 1.54) is 30.5 Å². The maximum Gasteiger partial charge on any atom is 0.0642 e. The van der Waals surface area contributed by atoms with E-state index in [1.54, 1.807) is 0 Å². The van der Waals surface area contributed by atoms with Gasteiger partial charge in [0.15, 0.2) is 0 Å². The van der Waals surface area contributed by atoms with Crippen LogP contribution in [0.3, 0.4) is 0 Å². The van der Waals surface area contributed by atoms with Gasteiger partial charge >= 0.3 is 0 Å². The molecule has 1 aromatic rings. The van der Waals surface area contributed by atoms with Crippen LogP contribution in [0.1, 0.15) is 38.7 Å². The summed E-state index contributed by atoms with van der Waals surface area (Å²) in [6.45, 7) is 7.43. The smallest absolute Gasteiger partial charge is 0.0642 e. The second kappa shape index (κ2) is 6.44. The summed E-state index contributed by atoms with van der Waals surface area (Å²) in [5, 5.41) is 4.22. The first-order valence-electron chi connectivity index (χ1n) is 6.98. The van der Waals surface area contributed by atoms with E-state index in [0.29, 0.717) is 6.04 Å². The third-order valence-electron chi connectivity index (χ3n) is 3.70. The molecular formula is C15H23ClN2. The first-order chi connectivity index (χ1) is 8.72. The van der Waals surface area contributed by atoms with E-state index in [2.05, 4.69) is 42.3 Å². The largest absolute Gasteiger partial charge is 0.368 e. The van der Waals surface area contributed by atoms with Crippen LogP contribution >= 0.6 is 11.6 Å². The van der Waals surface area contributed by atoms with E-state index in [1.807, 2.05) is 0 Å². The third-order valence-corrected chi connectivity index (χ3v) is 4.01. The summed E-state index contributed by atoms with van der Waals surface area (Å²) in [5.41, 5.74) is 2.46. The Balaban J connectivity index is 2.13. The van der Waals surface area contributed by atoms with Gasteiger partial charge in [0, 0.05) is 19.1 Å². The number of anilines is 1. The number of benzene rings is 1. The summed E-state index contributed by atoms with van der Waals surface area (Å²) in [5.74, 6) is 0. The van der Waals surface area contributed by atoms with Gasteiger partial charge in [-0.2, -0.15) is 0 Å². The van der Waals surface area contributed by atoms with Gasteiger partial charge in [-0.05, 0) is 50.4 Å². The first-order valence-corrected chi connectivity index (χ1v) is 7.36. The molecule has 1 fully saturated rings.